The number of rotatable bonds is 2. The van der Waals surface area contributed by atoms with Crippen LogP contribution in [0.15, 0.2) is 28.7 Å². The van der Waals surface area contributed by atoms with Gasteiger partial charge in [-0.3, -0.25) is 0 Å². The Balaban J connectivity index is 2.13. The maximum absolute atomic E-state index is 5.59. The Bertz CT molecular complexity index is 323. The molecule has 15 heavy (non-hydrogen) atoms. The topological polar surface area (TPSA) is 9.23 Å². The van der Waals surface area contributed by atoms with Crippen LogP contribution < -0.4 is 0 Å². The van der Waals surface area contributed by atoms with Crippen LogP contribution in [0.1, 0.15) is 23.7 Å². The molecule has 1 fully saturated rings. The second-order valence-electron chi connectivity index (χ2n) is 3.98. The lowest BCUT2D eigenvalue weighted by Crippen LogP contribution is -2.16. The minimum Gasteiger partial charge on any atom is -0.378 e. The zero-order valence-corrected chi connectivity index (χ0v) is 11.8. The van der Waals surface area contributed by atoms with Gasteiger partial charge in [0.05, 0.1) is 6.10 Å². The number of alkyl halides is 1. The van der Waals surface area contributed by atoms with Gasteiger partial charge < -0.3 is 4.74 Å². The van der Waals surface area contributed by atoms with Crippen LogP contribution in [0.4, 0.5) is 0 Å². The standard InChI is InChI=1S/C12H14Br2O/c1-8-11(6-7-15-8)12(14)9-2-4-10(13)5-3-9/h2-5,8,11-12H,6-7H2,1H3. The molecule has 0 saturated carbocycles. The first-order valence-electron chi connectivity index (χ1n) is 5.19. The van der Waals surface area contributed by atoms with Crippen molar-refractivity contribution in [2.24, 2.45) is 5.92 Å². The van der Waals surface area contributed by atoms with E-state index in [1.54, 1.807) is 0 Å². The molecule has 1 saturated heterocycles. The number of hydrogen-bond donors (Lipinski definition) is 0. The third-order valence-electron chi connectivity index (χ3n) is 3.00. The molecule has 0 radical (unpaired) electrons. The van der Waals surface area contributed by atoms with E-state index in [-0.39, 0.29) is 0 Å². The first kappa shape index (κ1) is 11.6. The second kappa shape index (κ2) is 4.98. The zero-order chi connectivity index (χ0) is 10.8. The van der Waals surface area contributed by atoms with Crippen molar-refractivity contribution in [2.75, 3.05) is 6.61 Å². The molecule has 1 aliphatic heterocycles. The highest BCUT2D eigenvalue weighted by molar-refractivity contribution is 9.10. The Morgan fingerprint density at radius 1 is 1.33 bits per heavy atom. The smallest absolute Gasteiger partial charge is 0.0589 e. The van der Waals surface area contributed by atoms with Gasteiger partial charge >= 0.3 is 0 Å². The normalized spacial score (nSPS) is 27.9. The second-order valence-corrected chi connectivity index (χ2v) is 5.88. The van der Waals surface area contributed by atoms with Gasteiger partial charge in [-0.25, -0.2) is 0 Å². The molecule has 1 aliphatic rings. The average Bonchev–Trinajstić information content (AvgIpc) is 2.65. The lowest BCUT2D eigenvalue weighted by Gasteiger charge is -2.20. The van der Waals surface area contributed by atoms with E-state index < -0.39 is 0 Å². The summed E-state index contributed by atoms with van der Waals surface area (Å²) in [6, 6.07) is 8.50. The Morgan fingerprint density at radius 3 is 2.53 bits per heavy atom. The van der Waals surface area contributed by atoms with Gasteiger partial charge in [-0.05, 0) is 31.0 Å². The van der Waals surface area contributed by atoms with Crippen LogP contribution in [-0.2, 0) is 4.74 Å². The lowest BCUT2D eigenvalue weighted by molar-refractivity contribution is 0.105. The summed E-state index contributed by atoms with van der Waals surface area (Å²) in [5.74, 6) is 0.589. The molecule has 0 spiro atoms. The lowest BCUT2D eigenvalue weighted by atomic mass is 9.94. The van der Waals surface area contributed by atoms with Crippen molar-refractivity contribution in [1.29, 1.82) is 0 Å². The van der Waals surface area contributed by atoms with Crippen LogP contribution in [0.25, 0.3) is 0 Å². The van der Waals surface area contributed by atoms with Gasteiger partial charge in [-0.15, -0.1) is 0 Å². The van der Waals surface area contributed by atoms with Crippen molar-refractivity contribution in [1.82, 2.24) is 0 Å². The molecule has 2 rings (SSSR count). The molecule has 3 unspecified atom stereocenters. The molecular weight excluding hydrogens is 320 g/mol. The van der Waals surface area contributed by atoms with Gasteiger partial charge in [-0.1, -0.05) is 44.0 Å². The third kappa shape index (κ3) is 2.63. The predicted molar refractivity (Wildman–Crippen MR) is 69.3 cm³/mol. The van der Waals surface area contributed by atoms with Crippen molar-refractivity contribution in [3.05, 3.63) is 34.3 Å². The fraction of sp³-hybridized carbons (Fsp3) is 0.500. The molecule has 1 aromatic rings. The minimum absolute atomic E-state index is 0.359. The molecule has 1 aromatic carbocycles. The first-order valence-corrected chi connectivity index (χ1v) is 6.90. The average molecular weight is 334 g/mol. The Hall–Kier alpha value is 0.140. The molecule has 1 heterocycles. The minimum atomic E-state index is 0.359. The van der Waals surface area contributed by atoms with Crippen molar-refractivity contribution < 1.29 is 4.74 Å². The molecule has 3 atom stereocenters. The van der Waals surface area contributed by atoms with E-state index in [1.165, 1.54) is 5.56 Å². The quantitative estimate of drug-likeness (QED) is 0.733. The van der Waals surface area contributed by atoms with Gasteiger partial charge in [0.2, 0.25) is 0 Å². The molecule has 0 amide bonds. The first-order chi connectivity index (χ1) is 7.18. The fourth-order valence-corrected chi connectivity index (χ4v) is 3.29. The summed E-state index contributed by atoms with van der Waals surface area (Å²) in [4.78, 5) is 0.406. The number of hydrogen-bond acceptors (Lipinski definition) is 1. The van der Waals surface area contributed by atoms with Crippen molar-refractivity contribution >= 4 is 31.9 Å². The number of ether oxygens (including phenoxy) is 1. The Morgan fingerprint density at radius 2 is 2.00 bits per heavy atom. The zero-order valence-electron chi connectivity index (χ0n) is 8.62. The van der Waals surface area contributed by atoms with E-state index >= 15 is 0 Å². The van der Waals surface area contributed by atoms with Crippen LogP contribution >= 0.6 is 31.9 Å². The molecule has 82 valence electrons. The Kier molecular flexibility index (Phi) is 3.86. The third-order valence-corrected chi connectivity index (χ3v) is 4.74. The van der Waals surface area contributed by atoms with Crippen LogP contribution in [0.3, 0.4) is 0 Å². The highest BCUT2D eigenvalue weighted by Gasteiger charge is 2.31. The highest BCUT2D eigenvalue weighted by atomic mass is 79.9. The molecule has 0 aliphatic carbocycles. The fourth-order valence-electron chi connectivity index (χ4n) is 2.03. The highest BCUT2D eigenvalue weighted by Crippen LogP contribution is 2.39. The van der Waals surface area contributed by atoms with Crippen molar-refractivity contribution in [2.45, 2.75) is 24.3 Å². The van der Waals surface area contributed by atoms with E-state index in [0.29, 0.717) is 16.8 Å². The SMILES string of the molecule is CC1OCCC1C(Br)c1ccc(Br)cc1. The van der Waals surface area contributed by atoms with Gasteiger partial charge in [0, 0.05) is 21.8 Å². The van der Waals surface area contributed by atoms with Crippen LogP contribution in [0, 0.1) is 5.92 Å². The van der Waals surface area contributed by atoms with Crippen molar-refractivity contribution in [3.63, 3.8) is 0 Å². The Labute approximate surface area is 107 Å². The van der Waals surface area contributed by atoms with E-state index in [0.717, 1.165) is 17.5 Å². The number of halogens is 2. The van der Waals surface area contributed by atoms with Crippen LogP contribution in [0.2, 0.25) is 0 Å². The van der Waals surface area contributed by atoms with E-state index in [2.05, 4.69) is 63.0 Å². The van der Waals surface area contributed by atoms with Crippen LogP contribution in [-0.4, -0.2) is 12.7 Å². The van der Waals surface area contributed by atoms with Gasteiger partial charge in [0.15, 0.2) is 0 Å². The van der Waals surface area contributed by atoms with Gasteiger partial charge in [0.25, 0.3) is 0 Å². The predicted octanol–water partition coefficient (Wildman–Crippen LogP) is 4.31. The summed E-state index contributed by atoms with van der Waals surface area (Å²) in [6.07, 6.45) is 1.51. The monoisotopic (exact) mass is 332 g/mol. The van der Waals surface area contributed by atoms with Crippen molar-refractivity contribution in [3.8, 4) is 0 Å². The van der Waals surface area contributed by atoms with Gasteiger partial charge in [0.1, 0.15) is 0 Å². The molecule has 0 aromatic heterocycles. The summed E-state index contributed by atoms with van der Waals surface area (Å²) in [7, 11) is 0. The summed E-state index contributed by atoms with van der Waals surface area (Å²) in [6.45, 7) is 3.05. The summed E-state index contributed by atoms with van der Waals surface area (Å²) in [5.41, 5.74) is 1.33. The largest absolute Gasteiger partial charge is 0.378 e. The van der Waals surface area contributed by atoms with E-state index in [9.17, 15) is 0 Å². The maximum atomic E-state index is 5.59. The van der Waals surface area contributed by atoms with E-state index in [4.69, 9.17) is 4.74 Å². The molecular formula is C12H14Br2O. The van der Waals surface area contributed by atoms with Crippen LogP contribution in [0.5, 0.6) is 0 Å². The number of benzene rings is 1. The van der Waals surface area contributed by atoms with Gasteiger partial charge in [-0.2, -0.15) is 0 Å². The molecule has 0 N–H and O–H groups in total. The summed E-state index contributed by atoms with van der Waals surface area (Å²) < 4.78 is 6.72. The molecule has 0 bridgehead atoms. The summed E-state index contributed by atoms with van der Waals surface area (Å²) in [5, 5.41) is 0. The molecule has 3 heteroatoms. The summed E-state index contributed by atoms with van der Waals surface area (Å²) >= 11 is 7.23. The van der Waals surface area contributed by atoms with E-state index in [1.807, 2.05) is 0 Å². The maximum Gasteiger partial charge on any atom is 0.0589 e. The molecule has 1 nitrogen and oxygen atoms in total.